The Morgan fingerprint density at radius 3 is 2.62 bits per heavy atom. The van der Waals surface area contributed by atoms with Gasteiger partial charge >= 0.3 is 4.87 Å². The highest BCUT2D eigenvalue weighted by Crippen LogP contribution is 2.27. The van der Waals surface area contributed by atoms with Gasteiger partial charge in [0.1, 0.15) is 0 Å². The summed E-state index contributed by atoms with van der Waals surface area (Å²) in [5.41, 5.74) is 0.377. The molecule has 0 bridgehead atoms. The van der Waals surface area contributed by atoms with Gasteiger partial charge in [-0.3, -0.25) is 4.79 Å². The molecule has 1 aliphatic heterocycles. The summed E-state index contributed by atoms with van der Waals surface area (Å²) in [6.07, 6.45) is 0. The number of aromatic nitrogens is 1. The Kier molecular flexibility index (Phi) is 2.91. The lowest BCUT2D eigenvalue weighted by Crippen LogP contribution is -2.51. The van der Waals surface area contributed by atoms with Crippen LogP contribution in [-0.2, 0) is 10.0 Å². The number of nitrogens with one attached hydrogen (secondary N) is 1. The number of H-pyrrole nitrogens is 1. The SMILES string of the molecule is Cc1[nH]c(=O)sc1S(=O)(=O)N1CC(CO)C1. The van der Waals surface area contributed by atoms with Crippen LogP contribution in [0.15, 0.2) is 9.00 Å². The van der Waals surface area contributed by atoms with Crippen molar-refractivity contribution in [3.8, 4) is 0 Å². The fourth-order valence-electron chi connectivity index (χ4n) is 1.59. The summed E-state index contributed by atoms with van der Waals surface area (Å²) in [7, 11) is -3.55. The molecule has 0 aromatic carbocycles. The Morgan fingerprint density at radius 2 is 2.19 bits per heavy atom. The van der Waals surface area contributed by atoms with Crippen LogP contribution in [0, 0.1) is 12.8 Å². The van der Waals surface area contributed by atoms with Gasteiger partial charge in [-0.2, -0.15) is 4.31 Å². The molecule has 2 N–H and O–H groups in total. The molecule has 2 heterocycles. The second kappa shape index (κ2) is 3.95. The number of thiazole rings is 1. The number of hydrogen-bond donors (Lipinski definition) is 2. The van der Waals surface area contributed by atoms with Crippen molar-refractivity contribution in [3.05, 3.63) is 15.4 Å². The molecular weight excluding hydrogens is 252 g/mol. The molecule has 0 spiro atoms. The van der Waals surface area contributed by atoms with Gasteiger partial charge in [0.05, 0.1) is 0 Å². The molecule has 0 radical (unpaired) electrons. The lowest BCUT2D eigenvalue weighted by Gasteiger charge is -2.36. The van der Waals surface area contributed by atoms with E-state index < -0.39 is 10.0 Å². The summed E-state index contributed by atoms with van der Waals surface area (Å²) in [5, 5.41) is 8.82. The van der Waals surface area contributed by atoms with E-state index in [2.05, 4.69) is 4.98 Å². The summed E-state index contributed by atoms with van der Waals surface area (Å²) < 4.78 is 25.4. The van der Waals surface area contributed by atoms with Crippen LogP contribution in [0.3, 0.4) is 0 Å². The van der Waals surface area contributed by atoms with Crippen LogP contribution < -0.4 is 4.87 Å². The third kappa shape index (κ3) is 1.81. The van der Waals surface area contributed by atoms with Crippen LogP contribution in [0.1, 0.15) is 5.69 Å². The quantitative estimate of drug-likeness (QED) is 0.759. The molecular formula is C8H12N2O4S2. The topological polar surface area (TPSA) is 90.5 Å². The van der Waals surface area contributed by atoms with E-state index in [9.17, 15) is 13.2 Å². The first-order chi connectivity index (χ1) is 7.45. The Labute approximate surface area is 96.6 Å². The summed E-state index contributed by atoms with van der Waals surface area (Å²) in [6, 6.07) is 0. The maximum Gasteiger partial charge on any atom is 0.305 e. The molecule has 6 nitrogen and oxygen atoms in total. The Bertz CT molecular complexity index is 539. The van der Waals surface area contributed by atoms with E-state index in [1.165, 1.54) is 4.31 Å². The van der Waals surface area contributed by atoms with Crippen molar-refractivity contribution in [1.82, 2.24) is 9.29 Å². The van der Waals surface area contributed by atoms with E-state index in [1.54, 1.807) is 6.92 Å². The van der Waals surface area contributed by atoms with Gasteiger partial charge in [0.25, 0.3) is 10.0 Å². The van der Waals surface area contributed by atoms with Gasteiger partial charge in [-0.1, -0.05) is 11.3 Å². The number of aliphatic hydroxyl groups excluding tert-OH is 1. The van der Waals surface area contributed by atoms with Crippen LogP contribution in [-0.4, -0.2) is 42.5 Å². The van der Waals surface area contributed by atoms with Crippen LogP contribution in [0.25, 0.3) is 0 Å². The minimum atomic E-state index is -3.55. The molecule has 0 saturated carbocycles. The maximum atomic E-state index is 12.0. The normalized spacial score (nSPS) is 18.6. The fraction of sp³-hybridized carbons (Fsp3) is 0.625. The average Bonchev–Trinajstić information content (AvgIpc) is 2.43. The summed E-state index contributed by atoms with van der Waals surface area (Å²) in [6.45, 7) is 2.21. The second-order valence-electron chi connectivity index (χ2n) is 3.80. The predicted octanol–water partition coefficient (Wildman–Crippen LogP) is -0.642. The summed E-state index contributed by atoms with van der Waals surface area (Å²) in [4.78, 5) is 13.1. The number of nitrogens with zero attached hydrogens (tertiary/aromatic N) is 1. The third-order valence-electron chi connectivity index (χ3n) is 2.54. The van der Waals surface area contributed by atoms with Crippen LogP contribution in [0.4, 0.5) is 0 Å². The lowest BCUT2D eigenvalue weighted by molar-refractivity contribution is 0.117. The van der Waals surface area contributed by atoms with E-state index in [1.807, 2.05) is 0 Å². The van der Waals surface area contributed by atoms with Gasteiger partial charge in [0.2, 0.25) is 0 Å². The fourth-order valence-corrected chi connectivity index (χ4v) is 4.62. The summed E-state index contributed by atoms with van der Waals surface area (Å²) in [5.74, 6) is 0.0192. The van der Waals surface area contributed by atoms with Crippen LogP contribution >= 0.6 is 11.3 Å². The molecule has 16 heavy (non-hydrogen) atoms. The first-order valence-corrected chi connectivity index (χ1v) is 7.01. The highest BCUT2D eigenvalue weighted by molar-refractivity contribution is 7.91. The smallest absolute Gasteiger partial charge is 0.305 e. The Hall–Kier alpha value is -0.700. The van der Waals surface area contributed by atoms with Crippen molar-refractivity contribution >= 4 is 21.4 Å². The number of hydrogen-bond acceptors (Lipinski definition) is 5. The summed E-state index contributed by atoms with van der Waals surface area (Å²) >= 11 is 0.704. The predicted molar refractivity (Wildman–Crippen MR) is 59.0 cm³/mol. The minimum Gasteiger partial charge on any atom is -0.396 e. The number of aliphatic hydroxyl groups is 1. The first-order valence-electron chi connectivity index (χ1n) is 4.76. The van der Waals surface area contributed by atoms with Gasteiger partial charge in [-0.15, -0.1) is 0 Å². The lowest BCUT2D eigenvalue weighted by atomic mass is 10.1. The molecule has 0 atom stereocenters. The van der Waals surface area contributed by atoms with Crippen molar-refractivity contribution in [2.24, 2.45) is 5.92 Å². The molecule has 1 aromatic heterocycles. The highest BCUT2D eigenvalue weighted by Gasteiger charge is 2.38. The number of aryl methyl sites for hydroxylation is 1. The van der Waals surface area contributed by atoms with Crippen LogP contribution in [0.2, 0.25) is 0 Å². The zero-order valence-corrected chi connectivity index (χ0v) is 10.3. The van der Waals surface area contributed by atoms with E-state index in [-0.39, 0.29) is 21.6 Å². The standard InChI is InChI=1S/C8H12N2O4S2/c1-5-7(15-8(12)9-5)16(13,14)10-2-6(3-10)4-11/h6,11H,2-4H2,1H3,(H,9,12). The molecule has 8 heteroatoms. The molecule has 1 fully saturated rings. The third-order valence-corrected chi connectivity index (χ3v) is 5.95. The zero-order chi connectivity index (χ0) is 11.9. The minimum absolute atomic E-state index is 0.00558. The monoisotopic (exact) mass is 264 g/mol. The highest BCUT2D eigenvalue weighted by atomic mass is 32.2. The molecule has 1 aromatic rings. The van der Waals surface area contributed by atoms with E-state index in [0.29, 0.717) is 30.1 Å². The largest absolute Gasteiger partial charge is 0.396 e. The Balaban J connectivity index is 2.27. The van der Waals surface area contributed by atoms with Gasteiger partial charge < -0.3 is 10.1 Å². The van der Waals surface area contributed by atoms with Gasteiger partial charge in [-0.05, 0) is 6.92 Å². The molecule has 1 saturated heterocycles. The maximum absolute atomic E-state index is 12.0. The molecule has 2 rings (SSSR count). The van der Waals surface area contributed by atoms with Gasteiger partial charge in [0, 0.05) is 31.3 Å². The van der Waals surface area contributed by atoms with Gasteiger partial charge in [0.15, 0.2) is 4.21 Å². The first kappa shape index (κ1) is 11.8. The molecule has 90 valence electrons. The number of aromatic amines is 1. The van der Waals surface area contributed by atoms with Crippen LogP contribution in [0.5, 0.6) is 0 Å². The second-order valence-corrected chi connectivity index (χ2v) is 6.91. The van der Waals surface area contributed by atoms with E-state index >= 15 is 0 Å². The van der Waals surface area contributed by atoms with Crippen molar-refractivity contribution in [2.75, 3.05) is 19.7 Å². The average molecular weight is 264 g/mol. The van der Waals surface area contributed by atoms with Gasteiger partial charge in [-0.25, -0.2) is 8.42 Å². The van der Waals surface area contributed by atoms with Crippen molar-refractivity contribution < 1.29 is 13.5 Å². The van der Waals surface area contributed by atoms with Crippen molar-refractivity contribution in [1.29, 1.82) is 0 Å². The van der Waals surface area contributed by atoms with E-state index in [4.69, 9.17) is 5.11 Å². The van der Waals surface area contributed by atoms with E-state index in [0.717, 1.165) is 0 Å². The molecule has 0 unspecified atom stereocenters. The molecule has 1 aliphatic rings. The zero-order valence-electron chi connectivity index (χ0n) is 8.63. The Morgan fingerprint density at radius 1 is 1.56 bits per heavy atom. The van der Waals surface area contributed by atoms with Crippen molar-refractivity contribution in [2.45, 2.75) is 11.1 Å². The van der Waals surface area contributed by atoms with Crippen molar-refractivity contribution in [3.63, 3.8) is 0 Å². The molecule has 0 amide bonds. The molecule has 0 aliphatic carbocycles. The number of rotatable bonds is 3. The number of sulfonamides is 1.